The van der Waals surface area contributed by atoms with E-state index in [0.717, 1.165) is 57.9 Å². The third kappa shape index (κ3) is 4.62. The number of nitrogens with one attached hydrogen (secondary N) is 1. The van der Waals surface area contributed by atoms with E-state index in [9.17, 15) is 9.59 Å². The molecule has 0 atom stereocenters. The van der Waals surface area contributed by atoms with Crippen molar-refractivity contribution in [3.63, 3.8) is 0 Å². The average Bonchev–Trinajstić information content (AvgIpc) is 2.86. The number of carbonyl (C=O) groups is 2. The van der Waals surface area contributed by atoms with Gasteiger partial charge in [-0.3, -0.25) is 14.5 Å². The van der Waals surface area contributed by atoms with Gasteiger partial charge in [-0.2, -0.15) is 0 Å². The van der Waals surface area contributed by atoms with E-state index in [-0.39, 0.29) is 18.4 Å². The van der Waals surface area contributed by atoms with Gasteiger partial charge in [-0.1, -0.05) is 19.3 Å². The van der Waals surface area contributed by atoms with Crippen LogP contribution in [0.5, 0.6) is 0 Å². The summed E-state index contributed by atoms with van der Waals surface area (Å²) in [6.07, 6.45) is 10.2. The van der Waals surface area contributed by atoms with Gasteiger partial charge in [0.2, 0.25) is 5.91 Å². The minimum Gasteiger partial charge on any atom is -0.381 e. The van der Waals surface area contributed by atoms with Crippen LogP contribution in [-0.2, 0) is 9.53 Å². The topological polar surface area (TPSA) is 78.0 Å². The minimum absolute atomic E-state index is 0.0210. The molecular weight excluding hydrogens is 406 g/mol. The molecule has 1 aliphatic carbocycles. The van der Waals surface area contributed by atoms with Crippen LogP contribution < -0.4 is 10.2 Å². The zero-order valence-electron chi connectivity index (χ0n) is 18.9. The fourth-order valence-corrected chi connectivity index (χ4v) is 5.61. The summed E-state index contributed by atoms with van der Waals surface area (Å²) in [5.74, 6) is 1.17. The Morgan fingerprint density at radius 3 is 2.56 bits per heavy atom. The van der Waals surface area contributed by atoms with Gasteiger partial charge in [0.1, 0.15) is 5.82 Å². The van der Waals surface area contributed by atoms with Crippen LogP contribution in [0.1, 0.15) is 55.3 Å². The summed E-state index contributed by atoms with van der Waals surface area (Å²) >= 11 is 0. The Bertz CT molecular complexity index is 827. The standard InChI is InChI=1S/C24H35N5O3/c30-22-16-26-23-21(29(22)17-18-6-12-32-13-7-18)14-19(15-25-23)24(31)28-10-8-27(9-11-28)20-4-2-1-3-5-20/h14-15,18,20H,1-13,16-17H2,(H,25,26). The normalized spacial score (nSPS) is 23.7. The number of carbonyl (C=O) groups excluding carboxylic acids is 2. The SMILES string of the molecule is O=C(c1cnc2c(c1)N(CC1CCOCC1)C(=O)CN2)N1CCN(C2CCCCC2)CC1. The van der Waals surface area contributed by atoms with E-state index in [2.05, 4.69) is 15.2 Å². The Balaban J connectivity index is 1.26. The fraction of sp³-hybridized carbons (Fsp3) is 0.708. The van der Waals surface area contributed by atoms with Crippen LogP contribution in [0.2, 0.25) is 0 Å². The first-order chi connectivity index (χ1) is 15.7. The highest BCUT2D eigenvalue weighted by molar-refractivity contribution is 6.04. The predicted octanol–water partition coefficient (Wildman–Crippen LogP) is 2.36. The molecule has 1 N–H and O–H groups in total. The second-order valence-corrected chi connectivity index (χ2v) is 9.63. The Labute approximate surface area is 190 Å². The molecule has 8 heteroatoms. The maximum Gasteiger partial charge on any atom is 0.255 e. The second kappa shape index (κ2) is 9.75. The summed E-state index contributed by atoms with van der Waals surface area (Å²) in [4.78, 5) is 36.8. The summed E-state index contributed by atoms with van der Waals surface area (Å²) in [6, 6.07) is 2.56. The minimum atomic E-state index is 0.0210. The number of rotatable bonds is 4. The van der Waals surface area contributed by atoms with E-state index >= 15 is 0 Å². The molecule has 4 aliphatic rings. The van der Waals surface area contributed by atoms with Gasteiger partial charge in [0, 0.05) is 58.2 Å². The van der Waals surface area contributed by atoms with Gasteiger partial charge in [0.15, 0.2) is 0 Å². The number of aromatic nitrogens is 1. The lowest BCUT2D eigenvalue weighted by Crippen LogP contribution is -2.52. The number of fused-ring (bicyclic) bond motifs is 1. The number of hydrogen-bond acceptors (Lipinski definition) is 6. The number of amides is 2. The van der Waals surface area contributed by atoms with E-state index in [4.69, 9.17) is 4.74 Å². The number of hydrogen-bond donors (Lipinski definition) is 1. The zero-order chi connectivity index (χ0) is 21.9. The zero-order valence-corrected chi connectivity index (χ0v) is 18.9. The number of piperazine rings is 1. The van der Waals surface area contributed by atoms with Gasteiger partial charge < -0.3 is 19.9 Å². The van der Waals surface area contributed by atoms with E-state index in [1.165, 1.54) is 32.1 Å². The largest absolute Gasteiger partial charge is 0.381 e. The van der Waals surface area contributed by atoms with Gasteiger partial charge >= 0.3 is 0 Å². The second-order valence-electron chi connectivity index (χ2n) is 9.63. The molecule has 0 radical (unpaired) electrons. The molecule has 3 aliphatic heterocycles. The van der Waals surface area contributed by atoms with Crippen LogP contribution in [0.4, 0.5) is 11.5 Å². The molecule has 3 fully saturated rings. The van der Waals surface area contributed by atoms with E-state index in [0.29, 0.717) is 29.9 Å². The molecule has 0 spiro atoms. The van der Waals surface area contributed by atoms with Crippen LogP contribution in [0.3, 0.4) is 0 Å². The Kier molecular flexibility index (Phi) is 6.59. The lowest BCUT2D eigenvalue weighted by Gasteiger charge is -2.40. The molecule has 4 heterocycles. The van der Waals surface area contributed by atoms with Gasteiger partial charge in [0.25, 0.3) is 5.91 Å². The van der Waals surface area contributed by atoms with E-state index in [1.54, 1.807) is 6.20 Å². The molecule has 5 rings (SSSR count). The quantitative estimate of drug-likeness (QED) is 0.773. The molecule has 1 saturated carbocycles. The van der Waals surface area contributed by atoms with Crippen molar-refractivity contribution in [1.82, 2.24) is 14.8 Å². The molecule has 1 aromatic heterocycles. The highest BCUT2D eigenvalue weighted by atomic mass is 16.5. The molecule has 2 saturated heterocycles. The van der Waals surface area contributed by atoms with Crippen molar-refractivity contribution in [2.24, 2.45) is 5.92 Å². The van der Waals surface area contributed by atoms with Crippen LogP contribution in [0.15, 0.2) is 12.3 Å². The molecule has 1 aromatic rings. The molecule has 0 unspecified atom stereocenters. The van der Waals surface area contributed by atoms with Crippen molar-refractivity contribution in [1.29, 1.82) is 0 Å². The molecule has 0 bridgehead atoms. The van der Waals surface area contributed by atoms with Crippen LogP contribution in [0.25, 0.3) is 0 Å². The summed E-state index contributed by atoms with van der Waals surface area (Å²) < 4.78 is 5.47. The first kappa shape index (κ1) is 21.6. The summed E-state index contributed by atoms with van der Waals surface area (Å²) in [5.41, 5.74) is 1.31. The van der Waals surface area contributed by atoms with Gasteiger partial charge in [-0.25, -0.2) is 4.98 Å². The predicted molar refractivity (Wildman–Crippen MR) is 123 cm³/mol. The van der Waals surface area contributed by atoms with E-state index < -0.39 is 0 Å². The molecule has 0 aromatic carbocycles. The first-order valence-corrected chi connectivity index (χ1v) is 12.3. The maximum absolute atomic E-state index is 13.3. The highest BCUT2D eigenvalue weighted by Gasteiger charge is 2.31. The van der Waals surface area contributed by atoms with Crippen LogP contribution in [0, 0.1) is 5.92 Å². The maximum atomic E-state index is 13.3. The number of ether oxygens (including phenoxy) is 1. The van der Waals surface area contributed by atoms with Crippen molar-refractivity contribution < 1.29 is 14.3 Å². The van der Waals surface area contributed by atoms with Gasteiger partial charge in [-0.05, 0) is 37.7 Å². The van der Waals surface area contributed by atoms with Gasteiger partial charge in [0.05, 0.1) is 17.8 Å². The van der Waals surface area contributed by atoms with Crippen LogP contribution in [-0.4, -0.2) is 85.1 Å². The van der Waals surface area contributed by atoms with Crippen molar-refractivity contribution in [2.75, 3.05) is 62.7 Å². The van der Waals surface area contributed by atoms with Crippen molar-refractivity contribution in [2.45, 2.75) is 51.0 Å². The van der Waals surface area contributed by atoms with Crippen molar-refractivity contribution in [3.8, 4) is 0 Å². The summed E-state index contributed by atoms with van der Waals surface area (Å²) in [6.45, 7) is 5.83. The highest BCUT2D eigenvalue weighted by Crippen LogP contribution is 2.31. The third-order valence-corrected chi connectivity index (χ3v) is 7.59. The number of anilines is 2. The Morgan fingerprint density at radius 1 is 1.06 bits per heavy atom. The van der Waals surface area contributed by atoms with Gasteiger partial charge in [-0.15, -0.1) is 0 Å². The molecular formula is C24H35N5O3. The number of nitrogens with zero attached hydrogens (tertiary/aromatic N) is 4. The fourth-order valence-electron chi connectivity index (χ4n) is 5.61. The lowest BCUT2D eigenvalue weighted by molar-refractivity contribution is -0.117. The van der Waals surface area contributed by atoms with Crippen molar-refractivity contribution >= 4 is 23.3 Å². The third-order valence-electron chi connectivity index (χ3n) is 7.59. The Morgan fingerprint density at radius 2 is 1.81 bits per heavy atom. The molecule has 2 amide bonds. The van der Waals surface area contributed by atoms with Crippen molar-refractivity contribution in [3.05, 3.63) is 17.8 Å². The summed E-state index contributed by atoms with van der Waals surface area (Å²) in [5, 5.41) is 3.11. The first-order valence-electron chi connectivity index (χ1n) is 12.3. The lowest BCUT2D eigenvalue weighted by atomic mass is 9.94. The molecule has 174 valence electrons. The molecule has 32 heavy (non-hydrogen) atoms. The summed E-state index contributed by atoms with van der Waals surface area (Å²) in [7, 11) is 0. The smallest absolute Gasteiger partial charge is 0.255 e. The number of pyridine rings is 1. The molecule has 8 nitrogen and oxygen atoms in total. The van der Waals surface area contributed by atoms with Crippen LogP contribution >= 0.6 is 0 Å². The average molecular weight is 442 g/mol. The Hall–Kier alpha value is -2.19. The monoisotopic (exact) mass is 441 g/mol. The van der Waals surface area contributed by atoms with E-state index in [1.807, 2.05) is 15.9 Å².